The molecule has 1 fully saturated rings. The molecule has 1 aliphatic heterocycles. The molecule has 0 atom stereocenters. The third-order valence-electron chi connectivity index (χ3n) is 7.42. The maximum atomic E-state index is 6.32. The van der Waals surface area contributed by atoms with Gasteiger partial charge in [-0.2, -0.15) is 9.61 Å². The third kappa shape index (κ3) is 5.23. The van der Waals surface area contributed by atoms with E-state index in [9.17, 15) is 0 Å². The number of benzene rings is 1. The lowest BCUT2D eigenvalue weighted by Gasteiger charge is -2.35. The van der Waals surface area contributed by atoms with E-state index in [0.717, 1.165) is 43.0 Å². The predicted molar refractivity (Wildman–Crippen MR) is 145 cm³/mol. The van der Waals surface area contributed by atoms with Crippen LogP contribution in [0.4, 0.5) is 5.69 Å². The first-order chi connectivity index (χ1) is 17.6. The van der Waals surface area contributed by atoms with Gasteiger partial charge in [0.1, 0.15) is 12.3 Å². The second-order valence-electron chi connectivity index (χ2n) is 11.1. The highest BCUT2D eigenvalue weighted by Crippen LogP contribution is 2.37. The molecule has 4 aromatic rings. The monoisotopic (exact) mass is 520 g/mol. The maximum absolute atomic E-state index is 6.32. The number of aryl methyl sites for hydroxylation is 1. The minimum atomic E-state index is -1.89. The molecular formula is C26H36N8O2Si. The molecule has 10 nitrogen and oxygen atoms in total. The van der Waals surface area contributed by atoms with Crippen LogP contribution in [0.25, 0.3) is 17.0 Å². The molecule has 37 heavy (non-hydrogen) atoms. The molecule has 0 unspecified atom stereocenters. The summed E-state index contributed by atoms with van der Waals surface area (Å²) in [5.74, 6) is 2.60. The first-order valence-electron chi connectivity index (χ1n) is 12.8. The van der Waals surface area contributed by atoms with Gasteiger partial charge in [0.25, 0.3) is 5.88 Å². The molecule has 1 aromatic carbocycles. The molecule has 0 N–H and O–H groups in total. The van der Waals surface area contributed by atoms with Gasteiger partial charge in [-0.3, -0.25) is 0 Å². The Labute approximate surface area is 218 Å². The predicted octanol–water partition coefficient (Wildman–Crippen LogP) is 4.62. The zero-order valence-corrected chi connectivity index (χ0v) is 23.6. The van der Waals surface area contributed by atoms with Gasteiger partial charge in [0.05, 0.1) is 6.61 Å². The van der Waals surface area contributed by atoms with Crippen molar-refractivity contribution in [3.05, 3.63) is 48.0 Å². The van der Waals surface area contributed by atoms with Crippen molar-refractivity contribution >= 4 is 19.7 Å². The molecule has 196 valence electrons. The van der Waals surface area contributed by atoms with Gasteiger partial charge in [0.2, 0.25) is 0 Å². The van der Waals surface area contributed by atoms with Gasteiger partial charge in [-0.25, -0.2) is 9.67 Å². The Kier molecular flexibility index (Phi) is 6.75. The molecule has 0 spiro atoms. The molecule has 0 amide bonds. The van der Waals surface area contributed by atoms with E-state index >= 15 is 0 Å². The van der Waals surface area contributed by atoms with Crippen molar-refractivity contribution in [2.24, 2.45) is 7.05 Å². The van der Waals surface area contributed by atoms with E-state index < -0.39 is 8.32 Å². The normalized spacial score (nSPS) is 14.6. The van der Waals surface area contributed by atoms with E-state index in [0.29, 0.717) is 29.8 Å². The van der Waals surface area contributed by atoms with Gasteiger partial charge >= 0.3 is 0 Å². The Morgan fingerprint density at radius 2 is 1.70 bits per heavy atom. The van der Waals surface area contributed by atoms with E-state index in [1.807, 2.05) is 43.4 Å². The Hall–Kier alpha value is -3.31. The molecule has 11 heteroatoms. The average Bonchev–Trinajstić information content (AvgIpc) is 3.61. The van der Waals surface area contributed by atoms with Gasteiger partial charge in [0, 0.05) is 31.8 Å². The van der Waals surface area contributed by atoms with Crippen LogP contribution in [-0.2, 0) is 24.7 Å². The van der Waals surface area contributed by atoms with Gasteiger partial charge in [-0.1, -0.05) is 51.1 Å². The van der Waals surface area contributed by atoms with Crippen LogP contribution in [0.2, 0.25) is 18.1 Å². The van der Waals surface area contributed by atoms with E-state index in [1.165, 1.54) is 0 Å². The van der Waals surface area contributed by atoms with Crippen LogP contribution in [0, 0.1) is 0 Å². The molecule has 1 saturated heterocycles. The first-order valence-corrected chi connectivity index (χ1v) is 15.8. The van der Waals surface area contributed by atoms with E-state index in [-0.39, 0.29) is 11.6 Å². The molecule has 1 aliphatic rings. The largest absolute Gasteiger partial charge is 0.467 e. The molecule has 0 saturated carbocycles. The highest BCUT2D eigenvalue weighted by atomic mass is 28.4. The zero-order chi connectivity index (χ0) is 26.2. The number of anilines is 1. The van der Waals surface area contributed by atoms with Crippen molar-refractivity contribution in [3.8, 4) is 17.3 Å². The van der Waals surface area contributed by atoms with Crippen LogP contribution >= 0.6 is 0 Å². The Balaban J connectivity index is 1.40. The lowest BCUT2D eigenvalue weighted by molar-refractivity contribution is 0.266. The summed E-state index contributed by atoms with van der Waals surface area (Å²) in [6.07, 6.45) is 2.29. The summed E-state index contributed by atoms with van der Waals surface area (Å²) < 4.78 is 16.1. The fraction of sp³-hybridized carbons (Fsp3) is 0.500. The lowest BCUT2D eigenvalue weighted by Crippen LogP contribution is -2.40. The van der Waals surface area contributed by atoms with E-state index in [1.54, 1.807) is 9.20 Å². The van der Waals surface area contributed by atoms with Crippen LogP contribution < -0.4 is 9.64 Å². The smallest absolute Gasteiger partial charge is 0.256 e. The maximum Gasteiger partial charge on any atom is 0.256 e. The molecule has 0 radical (unpaired) electrons. The van der Waals surface area contributed by atoms with Crippen LogP contribution in [0.1, 0.15) is 45.3 Å². The molecule has 5 rings (SSSR count). The fourth-order valence-electron chi connectivity index (χ4n) is 4.12. The molecule has 3 aromatic heterocycles. The van der Waals surface area contributed by atoms with Crippen LogP contribution in [0.5, 0.6) is 5.88 Å². The number of ether oxygens (including phenoxy) is 1. The minimum Gasteiger partial charge on any atom is -0.467 e. The van der Waals surface area contributed by atoms with E-state index in [4.69, 9.17) is 19.2 Å². The Morgan fingerprint density at radius 1 is 0.973 bits per heavy atom. The number of hydrogen-bond donors (Lipinski definition) is 0. The minimum absolute atomic E-state index is 0.130. The summed E-state index contributed by atoms with van der Waals surface area (Å²) >= 11 is 0. The number of hydrogen-bond acceptors (Lipinski definition) is 8. The summed E-state index contributed by atoms with van der Waals surface area (Å²) in [7, 11) is -0.0114. The third-order valence-corrected chi connectivity index (χ3v) is 11.9. The summed E-state index contributed by atoms with van der Waals surface area (Å²) in [6.45, 7) is 13.7. The Morgan fingerprint density at radius 3 is 2.41 bits per heavy atom. The second-order valence-corrected chi connectivity index (χ2v) is 15.9. The summed E-state index contributed by atoms with van der Waals surface area (Å²) in [5.41, 5.74) is 2.57. The second kappa shape index (κ2) is 9.86. The topological polar surface area (TPSA) is 95.5 Å². The van der Waals surface area contributed by atoms with Crippen molar-refractivity contribution in [2.75, 3.05) is 18.0 Å². The van der Waals surface area contributed by atoms with E-state index in [2.05, 4.69) is 54.1 Å². The fourth-order valence-corrected chi connectivity index (χ4v) is 5.04. The standard InChI is InChI=1S/C26H36N8O2Si/c1-26(2,3)37(5,6)36-17-21-27-23(32(4)30-21)18-35-25-20(33-14-10-11-15-33)16-22-28-29-24(34(22)31-25)19-12-8-7-9-13-19/h7-9,12-13,16H,10-11,14-15,17-18H2,1-6H3. The van der Waals surface area contributed by atoms with Crippen LogP contribution in [-0.4, -0.2) is 56.0 Å². The highest BCUT2D eigenvalue weighted by Gasteiger charge is 2.37. The van der Waals surface area contributed by atoms with Gasteiger partial charge in [-0.15, -0.1) is 15.3 Å². The number of rotatable bonds is 8. The van der Waals surface area contributed by atoms with Crippen molar-refractivity contribution in [1.82, 2.24) is 34.6 Å². The van der Waals surface area contributed by atoms with Crippen molar-refractivity contribution in [1.29, 1.82) is 0 Å². The number of fused-ring (bicyclic) bond motifs is 1. The van der Waals surface area contributed by atoms with Crippen molar-refractivity contribution in [3.63, 3.8) is 0 Å². The molecule has 0 bridgehead atoms. The Bertz CT molecular complexity index is 1370. The van der Waals surface area contributed by atoms with Crippen molar-refractivity contribution in [2.45, 2.75) is 65.0 Å². The van der Waals surface area contributed by atoms with Crippen LogP contribution in [0.15, 0.2) is 36.4 Å². The van der Waals surface area contributed by atoms with Crippen LogP contribution in [0.3, 0.4) is 0 Å². The highest BCUT2D eigenvalue weighted by molar-refractivity contribution is 6.74. The SMILES string of the molecule is Cn1nc(CO[Si](C)(C)C(C)(C)C)nc1COc1nn2c(-c3ccccc3)nnc2cc1N1CCCC1. The van der Waals surface area contributed by atoms with Gasteiger partial charge in [0.15, 0.2) is 31.4 Å². The summed E-state index contributed by atoms with van der Waals surface area (Å²) in [6, 6.07) is 12.0. The summed E-state index contributed by atoms with van der Waals surface area (Å²) in [5, 5.41) is 18.4. The lowest BCUT2D eigenvalue weighted by atomic mass is 10.2. The molecular weight excluding hydrogens is 484 g/mol. The molecule has 4 heterocycles. The average molecular weight is 521 g/mol. The zero-order valence-electron chi connectivity index (χ0n) is 22.6. The quantitative estimate of drug-likeness (QED) is 0.311. The van der Waals surface area contributed by atoms with Gasteiger partial charge < -0.3 is 14.1 Å². The first kappa shape index (κ1) is 25.3. The number of nitrogens with zero attached hydrogens (tertiary/aromatic N) is 8. The number of aromatic nitrogens is 7. The molecule has 0 aliphatic carbocycles. The van der Waals surface area contributed by atoms with Gasteiger partial charge in [-0.05, 0) is 31.0 Å². The van der Waals surface area contributed by atoms with Crippen molar-refractivity contribution < 1.29 is 9.16 Å². The summed E-state index contributed by atoms with van der Waals surface area (Å²) in [4.78, 5) is 7.01.